The molecule has 0 spiro atoms. The van der Waals surface area contributed by atoms with Crippen molar-refractivity contribution in [3.63, 3.8) is 0 Å². The molecule has 0 aromatic carbocycles. The van der Waals surface area contributed by atoms with Crippen molar-refractivity contribution in [1.29, 1.82) is 0 Å². The predicted molar refractivity (Wildman–Crippen MR) is 113 cm³/mol. The number of allylic oxidation sites excluding steroid dienone is 1. The Kier molecular flexibility index (Phi) is 5.63. The molecule has 4 aliphatic carbocycles. The number of hydrogen-bond acceptors (Lipinski definition) is 5. The van der Waals surface area contributed by atoms with Crippen LogP contribution in [0.5, 0.6) is 0 Å². The molecule has 0 aromatic rings. The Balaban J connectivity index is 1.70. The normalized spacial score (nSPS) is 41.5. The number of aliphatic carboxylic acids is 1. The number of carbonyl (C=O) groups excluding carboxylic acids is 3. The number of fused-ring (bicyclic) bond motifs is 5. The highest BCUT2D eigenvalue weighted by atomic mass is 16.5. The lowest BCUT2D eigenvalue weighted by Crippen LogP contribution is -2.58. The zero-order valence-electron chi connectivity index (χ0n) is 18.8. The number of carboxylic acids is 1. The summed E-state index contributed by atoms with van der Waals surface area (Å²) < 4.78 is 6.03. The van der Waals surface area contributed by atoms with Crippen molar-refractivity contribution in [2.75, 3.05) is 0 Å². The zero-order chi connectivity index (χ0) is 22.6. The highest BCUT2D eigenvalue weighted by Gasteiger charge is 2.63. The SMILES string of the molecule is CC(=O)[C@@H]1CC[C@H]2[C@H]3CCC4=CC(=O)CC[C@]4(C)[C@@H]3[C@H](OC(=O)CCC(=O)O)C[C@]12C. The quantitative estimate of drug-likeness (QED) is 0.659. The van der Waals surface area contributed by atoms with E-state index in [1.165, 1.54) is 5.57 Å². The van der Waals surface area contributed by atoms with Crippen molar-refractivity contribution in [2.45, 2.75) is 84.7 Å². The minimum atomic E-state index is -1.02. The second-order valence-electron chi connectivity index (χ2n) is 10.8. The molecule has 31 heavy (non-hydrogen) atoms. The van der Waals surface area contributed by atoms with E-state index < -0.39 is 11.9 Å². The summed E-state index contributed by atoms with van der Waals surface area (Å²) in [6.07, 6.45) is 6.75. The van der Waals surface area contributed by atoms with Crippen LogP contribution in [0.3, 0.4) is 0 Å². The standard InChI is InChI=1S/C25H34O6/c1-14(26)18-6-7-19-17-5-4-15-12-16(27)10-11-24(15,2)23(17)20(13-25(18,19)3)31-22(30)9-8-21(28)29/h12,17-20,23H,4-11,13H2,1-3H3,(H,28,29)/t17-,18+,19+,20-,23+,24+,25-/m1/s1. The van der Waals surface area contributed by atoms with Crippen LogP contribution in [0, 0.1) is 34.5 Å². The summed E-state index contributed by atoms with van der Waals surface area (Å²) in [6, 6.07) is 0. The van der Waals surface area contributed by atoms with Crippen molar-refractivity contribution < 1.29 is 29.0 Å². The van der Waals surface area contributed by atoms with Crippen LogP contribution in [0.1, 0.15) is 78.6 Å². The number of rotatable bonds is 5. The van der Waals surface area contributed by atoms with Gasteiger partial charge in [0.2, 0.25) is 0 Å². The van der Waals surface area contributed by atoms with Crippen LogP contribution in [0.2, 0.25) is 0 Å². The van der Waals surface area contributed by atoms with E-state index in [2.05, 4.69) is 13.8 Å². The molecule has 0 saturated heterocycles. The van der Waals surface area contributed by atoms with Crippen molar-refractivity contribution in [2.24, 2.45) is 34.5 Å². The second kappa shape index (κ2) is 7.86. The Morgan fingerprint density at radius 1 is 1.13 bits per heavy atom. The average Bonchev–Trinajstić information content (AvgIpc) is 3.03. The number of carbonyl (C=O) groups is 4. The van der Waals surface area contributed by atoms with Gasteiger partial charge in [0.15, 0.2) is 5.78 Å². The Morgan fingerprint density at radius 2 is 1.87 bits per heavy atom. The molecule has 0 unspecified atom stereocenters. The maximum absolute atomic E-state index is 12.6. The summed E-state index contributed by atoms with van der Waals surface area (Å²) in [4.78, 5) is 48.1. The van der Waals surface area contributed by atoms with E-state index in [0.717, 1.165) is 32.1 Å². The van der Waals surface area contributed by atoms with E-state index in [-0.39, 0.29) is 53.2 Å². The fourth-order valence-corrected chi connectivity index (χ4v) is 7.87. The van der Waals surface area contributed by atoms with Crippen LogP contribution in [-0.4, -0.2) is 34.7 Å². The monoisotopic (exact) mass is 430 g/mol. The number of carboxylic acid groups (broad SMARTS) is 1. The van der Waals surface area contributed by atoms with E-state index in [1.54, 1.807) is 6.92 Å². The fraction of sp³-hybridized carbons (Fsp3) is 0.760. The molecule has 4 aliphatic rings. The van der Waals surface area contributed by atoms with Crippen molar-refractivity contribution in [3.8, 4) is 0 Å². The van der Waals surface area contributed by atoms with Gasteiger partial charge in [-0.2, -0.15) is 0 Å². The van der Waals surface area contributed by atoms with Crippen LogP contribution < -0.4 is 0 Å². The lowest BCUT2D eigenvalue weighted by Gasteiger charge is -2.60. The molecule has 3 fully saturated rings. The van der Waals surface area contributed by atoms with Crippen molar-refractivity contribution in [3.05, 3.63) is 11.6 Å². The number of ketones is 2. The van der Waals surface area contributed by atoms with Crippen molar-refractivity contribution >= 4 is 23.5 Å². The second-order valence-corrected chi connectivity index (χ2v) is 10.8. The topological polar surface area (TPSA) is 97.7 Å². The van der Waals surface area contributed by atoms with Crippen LogP contribution in [0.15, 0.2) is 11.6 Å². The van der Waals surface area contributed by atoms with E-state index in [9.17, 15) is 19.2 Å². The van der Waals surface area contributed by atoms with Gasteiger partial charge in [0.1, 0.15) is 11.9 Å². The van der Waals surface area contributed by atoms with Gasteiger partial charge in [0.25, 0.3) is 0 Å². The van der Waals surface area contributed by atoms with E-state index >= 15 is 0 Å². The van der Waals surface area contributed by atoms with Gasteiger partial charge in [-0.15, -0.1) is 0 Å². The minimum absolute atomic E-state index is 0.0173. The smallest absolute Gasteiger partial charge is 0.306 e. The van der Waals surface area contributed by atoms with Crippen LogP contribution >= 0.6 is 0 Å². The highest BCUT2D eigenvalue weighted by molar-refractivity contribution is 5.91. The lowest BCUT2D eigenvalue weighted by atomic mass is 9.46. The Bertz CT molecular complexity index is 843. The van der Waals surface area contributed by atoms with E-state index in [0.29, 0.717) is 24.7 Å². The number of ether oxygens (including phenoxy) is 1. The molecule has 1 N–H and O–H groups in total. The molecule has 0 heterocycles. The molecule has 170 valence electrons. The molecule has 3 saturated carbocycles. The largest absolute Gasteiger partial charge is 0.481 e. The summed E-state index contributed by atoms with van der Waals surface area (Å²) >= 11 is 0. The summed E-state index contributed by atoms with van der Waals surface area (Å²) in [5.41, 5.74) is 0.790. The summed E-state index contributed by atoms with van der Waals surface area (Å²) in [5, 5.41) is 8.95. The van der Waals surface area contributed by atoms with Gasteiger partial charge in [0, 0.05) is 18.3 Å². The molecule has 0 aliphatic heterocycles. The average molecular weight is 431 g/mol. The molecule has 0 aromatic heterocycles. The Morgan fingerprint density at radius 3 is 2.55 bits per heavy atom. The number of Topliss-reactive ketones (excluding diaryl/α,β-unsaturated/α-hetero) is 1. The molecule has 6 nitrogen and oxygen atoms in total. The molecule has 7 atom stereocenters. The maximum Gasteiger partial charge on any atom is 0.306 e. The van der Waals surface area contributed by atoms with E-state index in [4.69, 9.17) is 9.84 Å². The first-order chi connectivity index (χ1) is 14.6. The molecule has 4 rings (SSSR count). The summed E-state index contributed by atoms with van der Waals surface area (Å²) in [7, 11) is 0. The molecule has 0 radical (unpaired) electrons. The molecule has 6 heteroatoms. The van der Waals surface area contributed by atoms with Gasteiger partial charge in [-0.05, 0) is 74.2 Å². The maximum atomic E-state index is 12.6. The fourth-order valence-electron chi connectivity index (χ4n) is 7.87. The Labute approximate surface area is 183 Å². The first-order valence-corrected chi connectivity index (χ1v) is 11.7. The summed E-state index contributed by atoms with van der Waals surface area (Å²) in [6.45, 7) is 6.09. The van der Waals surface area contributed by atoms with Crippen LogP contribution in [0.25, 0.3) is 0 Å². The first kappa shape index (κ1) is 22.2. The van der Waals surface area contributed by atoms with E-state index in [1.807, 2.05) is 6.08 Å². The first-order valence-electron chi connectivity index (χ1n) is 11.7. The van der Waals surface area contributed by atoms with Crippen LogP contribution in [0.4, 0.5) is 0 Å². The zero-order valence-corrected chi connectivity index (χ0v) is 18.8. The third kappa shape index (κ3) is 3.66. The van der Waals surface area contributed by atoms with Crippen LogP contribution in [-0.2, 0) is 23.9 Å². The molecule has 0 amide bonds. The predicted octanol–water partition coefficient (Wildman–Crippen LogP) is 4.11. The Hall–Kier alpha value is -1.98. The van der Waals surface area contributed by atoms with Gasteiger partial charge in [-0.1, -0.05) is 19.4 Å². The third-order valence-electron chi connectivity index (χ3n) is 9.19. The van der Waals surface area contributed by atoms with Gasteiger partial charge in [0.05, 0.1) is 12.8 Å². The highest BCUT2D eigenvalue weighted by Crippen LogP contribution is 2.67. The number of hydrogen-bond donors (Lipinski definition) is 1. The van der Waals surface area contributed by atoms with Gasteiger partial charge < -0.3 is 9.84 Å². The van der Waals surface area contributed by atoms with Crippen molar-refractivity contribution in [1.82, 2.24) is 0 Å². The van der Waals surface area contributed by atoms with Gasteiger partial charge >= 0.3 is 11.9 Å². The minimum Gasteiger partial charge on any atom is -0.481 e. The third-order valence-corrected chi connectivity index (χ3v) is 9.19. The lowest BCUT2D eigenvalue weighted by molar-refractivity contribution is -0.178. The number of esters is 1. The molecular weight excluding hydrogens is 396 g/mol. The van der Waals surface area contributed by atoms with Gasteiger partial charge in [-0.25, -0.2) is 0 Å². The molecule has 0 bridgehead atoms. The summed E-state index contributed by atoms with van der Waals surface area (Å²) in [5.74, 6) is -0.248. The van der Waals surface area contributed by atoms with Gasteiger partial charge in [-0.3, -0.25) is 19.2 Å². The molecular formula is C25H34O6.